The molecule has 17 heavy (non-hydrogen) atoms. The number of aliphatic imine (C=N–C) groups is 1. The largest absolute Gasteiger partial charge is 0.365 e. The molecule has 3 nitrogen and oxygen atoms in total. The van der Waals surface area contributed by atoms with E-state index in [0.717, 1.165) is 24.9 Å². The molecule has 2 unspecified atom stereocenters. The quantitative estimate of drug-likeness (QED) is 0.833. The SMILES string of the molecule is CC(C)CC1CN=C(NCC2CCN(C)C2)S1. The molecule has 2 aliphatic heterocycles. The average molecular weight is 255 g/mol. The zero-order chi connectivity index (χ0) is 12.3. The molecule has 2 atom stereocenters. The predicted octanol–water partition coefficient (Wildman–Crippen LogP) is 2.05. The van der Waals surface area contributed by atoms with Crippen LogP contribution < -0.4 is 5.32 Å². The van der Waals surface area contributed by atoms with Gasteiger partial charge in [0.1, 0.15) is 0 Å². The molecule has 2 rings (SSSR count). The molecule has 0 saturated carbocycles. The van der Waals surface area contributed by atoms with Crippen LogP contribution in [-0.4, -0.2) is 48.5 Å². The van der Waals surface area contributed by atoms with E-state index in [1.807, 2.05) is 11.8 Å². The third-order valence-corrected chi connectivity index (χ3v) is 4.65. The van der Waals surface area contributed by atoms with Gasteiger partial charge in [0.25, 0.3) is 0 Å². The lowest BCUT2D eigenvalue weighted by Gasteiger charge is -2.13. The molecule has 0 amide bonds. The third kappa shape index (κ3) is 4.18. The van der Waals surface area contributed by atoms with Gasteiger partial charge in [-0.3, -0.25) is 4.99 Å². The van der Waals surface area contributed by atoms with Gasteiger partial charge in [-0.2, -0.15) is 0 Å². The van der Waals surface area contributed by atoms with Gasteiger partial charge in [-0.05, 0) is 38.3 Å². The van der Waals surface area contributed by atoms with Crippen molar-refractivity contribution < 1.29 is 0 Å². The second-order valence-electron chi connectivity index (χ2n) is 5.81. The number of hydrogen-bond donors (Lipinski definition) is 1. The third-order valence-electron chi connectivity index (χ3n) is 3.48. The van der Waals surface area contributed by atoms with Crippen molar-refractivity contribution in [2.24, 2.45) is 16.8 Å². The standard InChI is InChI=1S/C13H25N3S/c1-10(2)6-12-8-15-13(17-12)14-7-11-4-5-16(3)9-11/h10-12H,4-9H2,1-3H3,(H,14,15). The van der Waals surface area contributed by atoms with E-state index in [9.17, 15) is 0 Å². The van der Waals surface area contributed by atoms with Crippen LogP contribution in [-0.2, 0) is 0 Å². The number of nitrogens with one attached hydrogen (secondary N) is 1. The molecule has 0 spiro atoms. The van der Waals surface area contributed by atoms with Gasteiger partial charge < -0.3 is 10.2 Å². The van der Waals surface area contributed by atoms with Crippen LogP contribution in [0.1, 0.15) is 26.7 Å². The summed E-state index contributed by atoms with van der Waals surface area (Å²) in [6, 6.07) is 0. The number of likely N-dealkylation sites (tertiary alicyclic amines) is 1. The highest BCUT2D eigenvalue weighted by molar-refractivity contribution is 8.14. The Balaban J connectivity index is 1.64. The van der Waals surface area contributed by atoms with Crippen LogP contribution in [0.15, 0.2) is 4.99 Å². The first-order valence-electron chi connectivity index (χ1n) is 6.77. The Morgan fingerprint density at radius 2 is 2.35 bits per heavy atom. The molecule has 0 aliphatic carbocycles. The number of hydrogen-bond acceptors (Lipinski definition) is 4. The normalized spacial score (nSPS) is 30.0. The van der Waals surface area contributed by atoms with E-state index in [-0.39, 0.29) is 0 Å². The molecule has 2 aliphatic rings. The minimum atomic E-state index is 0.712. The topological polar surface area (TPSA) is 27.6 Å². The van der Waals surface area contributed by atoms with Gasteiger partial charge in [-0.25, -0.2) is 0 Å². The Labute approximate surface area is 109 Å². The number of thioether (sulfide) groups is 1. The van der Waals surface area contributed by atoms with Crippen LogP contribution in [0.25, 0.3) is 0 Å². The molecule has 0 bridgehead atoms. The fourth-order valence-corrected chi connectivity index (χ4v) is 3.85. The van der Waals surface area contributed by atoms with Crippen LogP contribution in [0.4, 0.5) is 0 Å². The van der Waals surface area contributed by atoms with E-state index < -0.39 is 0 Å². The molecule has 0 aromatic rings. The van der Waals surface area contributed by atoms with Gasteiger partial charge in [0.2, 0.25) is 0 Å². The second-order valence-corrected chi connectivity index (χ2v) is 7.10. The van der Waals surface area contributed by atoms with Crippen LogP contribution in [0, 0.1) is 11.8 Å². The lowest BCUT2D eigenvalue weighted by atomic mass is 10.1. The maximum absolute atomic E-state index is 4.61. The van der Waals surface area contributed by atoms with Crippen molar-refractivity contribution in [3.05, 3.63) is 0 Å². The molecular weight excluding hydrogens is 230 g/mol. The molecule has 2 heterocycles. The fourth-order valence-electron chi connectivity index (χ4n) is 2.59. The van der Waals surface area contributed by atoms with Crippen LogP contribution in [0.2, 0.25) is 0 Å². The van der Waals surface area contributed by atoms with E-state index in [4.69, 9.17) is 0 Å². The highest BCUT2D eigenvalue weighted by Gasteiger charge is 2.23. The van der Waals surface area contributed by atoms with Gasteiger partial charge in [0.15, 0.2) is 5.17 Å². The van der Waals surface area contributed by atoms with Gasteiger partial charge in [-0.15, -0.1) is 0 Å². The molecule has 98 valence electrons. The van der Waals surface area contributed by atoms with Gasteiger partial charge in [0, 0.05) is 18.3 Å². The summed E-state index contributed by atoms with van der Waals surface area (Å²) in [5.74, 6) is 1.60. The summed E-state index contributed by atoms with van der Waals surface area (Å²) >= 11 is 1.95. The predicted molar refractivity (Wildman–Crippen MR) is 76.7 cm³/mol. The van der Waals surface area contributed by atoms with Crippen LogP contribution >= 0.6 is 11.8 Å². The molecule has 0 radical (unpaired) electrons. The lowest BCUT2D eigenvalue weighted by Crippen LogP contribution is -2.28. The van der Waals surface area contributed by atoms with Crippen molar-refractivity contribution in [1.82, 2.24) is 10.2 Å². The lowest BCUT2D eigenvalue weighted by molar-refractivity contribution is 0.394. The van der Waals surface area contributed by atoms with E-state index in [1.165, 1.54) is 31.1 Å². The molecule has 1 N–H and O–H groups in total. The monoisotopic (exact) mass is 255 g/mol. The number of nitrogens with zero attached hydrogens (tertiary/aromatic N) is 2. The van der Waals surface area contributed by atoms with Crippen molar-refractivity contribution >= 4 is 16.9 Å². The smallest absolute Gasteiger partial charge is 0.156 e. The van der Waals surface area contributed by atoms with Crippen molar-refractivity contribution in [3.8, 4) is 0 Å². The summed E-state index contributed by atoms with van der Waals surface area (Å²) in [5, 5.41) is 5.43. The Morgan fingerprint density at radius 1 is 1.53 bits per heavy atom. The number of amidine groups is 1. The van der Waals surface area contributed by atoms with E-state index in [1.54, 1.807) is 0 Å². The first-order valence-corrected chi connectivity index (χ1v) is 7.65. The van der Waals surface area contributed by atoms with Crippen LogP contribution in [0.5, 0.6) is 0 Å². The van der Waals surface area contributed by atoms with Gasteiger partial charge >= 0.3 is 0 Å². The zero-order valence-corrected chi connectivity index (χ0v) is 12.1. The molecule has 0 aromatic heterocycles. The van der Waals surface area contributed by atoms with E-state index >= 15 is 0 Å². The molecular formula is C13H25N3S. The highest BCUT2D eigenvalue weighted by atomic mass is 32.2. The second kappa shape index (κ2) is 6.10. The summed E-state index contributed by atoms with van der Waals surface area (Å²) < 4.78 is 0. The van der Waals surface area contributed by atoms with Crippen molar-refractivity contribution in [3.63, 3.8) is 0 Å². The molecule has 1 fully saturated rings. The van der Waals surface area contributed by atoms with Crippen LogP contribution in [0.3, 0.4) is 0 Å². The summed E-state index contributed by atoms with van der Waals surface area (Å²) in [7, 11) is 2.21. The Kier molecular flexibility index (Phi) is 4.74. The highest BCUT2D eigenvalue weighted by Crippen LogP contribution is 2.25. The minimum absolute atomic E-state index is 0.712. The number of rotatable bonds is 4. The van der Waals surface area contributed by atoms with Gasteiger partial charge in [-0.1, -0.05) is 25.6 Å². The summed E-state index contributed by atoms with van der Waals surface area (Å²) in [4.78, 5) is 7.02. The average Bonchev–Trinajstić information content (AvgIpc) is 2.84. The molecule has 1 saturated heterocycles. The summed E-state index contributed by atoms with van der Waals surface area (Å²) in [6.07, 6.45) is 2.61. The first-order chi connectivity index (χ1) is 8.13. The summed E-state index contributed by atoms with van der Waals surface area (Å²) in [5.41, 5.74) is 0. The minimum Gasteiger partial charge on any atom is -0.365 e. The van der Waals surface area contributed by atoms with Gasteiger partial charge in [0.05, 0.1) is 6.54 Å². The molecule has 4 heteroatoms. The Hall–Kier alpha value is -0.220. The zero-order valence-electron chi connectivity index (χ0n) is 11.3. The Morgan fingerprint density at radius 3 is 3.00 bits per heavy atom. The summed E-state index contributed by atoms with van der Waals surface area (Å²) in [6.45, 7) is 9.18. The Bertz CT molecular complexity index is 278. The maximum atomic E-state index is 4.61. The van der Waals surface area contributed by atoms with E-state index in [0.29, 0.717) is 5.25 Å². The maximum Gasteiger partial charge on any atom is 0.156 e. The molecule has 0 aromatic carbocycles. The first kappa shape index (κ1) is 13.2. The van der Waals surface area contributed by atoms with Crippen molar-refractivity contribution in [1.29, 1.82) is 0 Å². The van der Waals surface area contributed by atoms with Crippen molar-refractivity contribution in [2.75, 3.05) is 33.2 Å². The van der Waals surface area contributed by atoms with E-state index in [2.05, 4.69) is 36.1 Å². The van der Waals surface area contributed by atoms with Crippen molar-refractivity contribution in [2.45, 2.75) is 31.9 Å². The fraction of sp³-hybridized carbons (Fsp3) is 0.923.